The fourth-order valence-electron chi connectivity index (χ4n) is 1.23. The van der Waals surface area contributed by atoms with Gasteiger partial charge in [-0.25, -0.2) is 0 Å². The molecule has 0 aliphatic rings. The van der Waals surface area contributed by atoms with Gasteiger partial charge in [0.15, 0.2) is 0 Å². The second-order valence-electron chi connectivity index (χ2n) is 3.11. The van der Waals surface area contributed by atoms with E-state index in [4.69, 9.17) is 4.74 Å². The summed E-state index contributed by atoms with van der Waals surface area (Å²) in [4.78, 5) is 0. The molecule has 0 heterocycles. The van der Waals surface area contributed by atoms with Crippen molar-refractivity contribution in [2.24, 2.45) is 0 Å². The maximum absolute atomic E-state index is 5.85. The van der Waals surface area contributed by atoms with Crippen molar-refractivity contribution < 1.29 is 4.74 Å². The van der Waals surface area contributed by atoms with Crippen LogP contribution in [0, 0.1) is 0 Å². The van der Waals surface area contributed by atoms with Crippen LogP contribution in [0.25, 0.3) is 0 Å². The van der Waals surface area contributed by atoms with Crippen molar-refractivity contribution in [3.05, 3.63) is 0 Å². The van der Waals surface area contributed by atoms with Crippen LogP contribution in [0.2, 0.25) is 0 Å². The molecule has 0 aromatic heterocycles. The molecule has 0 aliphatic heterocycles. The van der Waals surface area contributed by atoms with E-state index in [1.807, 2.05) is 0 Å². The number of ether oxygens (including phenoxy) is 1. The van der Waals surface area contributed by atoms with E-state index >= 15 is 0 Å². The van der Waals surface area contributed by atoms with E-state index < -0.39 is 0 Å². The predicted octanol–water partition coefficient (Wildman–Crippen LogP) is 4.69. The van der Waals surface area contributed by atoms with Gasteiger partial charge in [0, 0.05) is 0 Å². The van der Waals surface area contributed by atoms with E-state index in [0.717, 1.165) is 25.7 Å². The smallest absolute Gasteiger partial charge is 0.375 e. The fraction of sp³-hybridized carbons (Fsp3) is 1.00. The molecule has 0 aliphatic carbocycles. The Morgan fingerprint density at radius 1 is 0.857 bits per heavy atom. The molecule has 0 aromatic rings. The van der Waals surface area contributed by atoms with Crippen LogP contribution in [0.1, 0.15) is 53.4 Å². The lowest BCUT2D eigenvalue weighted by atomic mass is 10.2. The first-order chi connectivity index (χ1) is 6.69. The van der Waals surface area contributed by atoms with E-state index in [-0.39, 0.29) is 16.0 Å². The highest BCUT2D eigenvalue weighted by atomic mass is 79.9. The molecule has 0 N–H and O–H groups in total. The van der Waals surface area contributed by atoms with Crippen molar-refractivity contribution in [2.45, 2.75) is 65.6 Å². The third kappa shape index (κ3) is 11.8. The van der Waals surface area contributed by atoms with Crippen molar-refractivity contribution in [1.29, 1.82) is 0 Å². The summed E-state index contributed by atoms with van der Waals surface area (Å²) in [6.07, 6.45) is 5.56. The molecule has 0 fully saturated rings. The third-order valence-electron chi connectivity index (χ3n) is 2.21. The lowest BCUT2D eigenvalue weighted by Gasteiger charge is -2.20. The fourth-order valence-corrected chi connectivity index (χ4v) is 1.23. The maximum Gasteiger partial charge on any atom is 0.560 e. The summed E-state index contributed by atoms with van der Waals surface area (Å²) >= 11 is 6.44. The second-order valence-corrected chi connectivity index (χ2v) is 11.2. The first kappa shape index (κ1) is 18.1. The molecular weight excluding hydrogens is 320 g/mol. The first-order valence-corrected chi connectivity index (χ1v) is 13.3. The molecule has 14 heavy (non-hydrogen) atoms. The molecule has 0 saturated carbocycles. The average molecular weight is 342 g/mol. The van der Waals surface area contributed by atoms with Gasteiger partial charge in [-0.2, -0.15) is 0 Å². The largest absolute Gasteiger partial charge is 0.560 e. The third-order valence-corrected chi connectivity index (χ3v) is 2.21. The summed E-state index contributed by atoms with van der Waals surface area (Å²) in [5.74, 6) is 0. The minimum atomic E-state index is 0.0417. The van der Waals surface area contributed by atoms with Gasteiger partial charge in [0.1, 0.15) is 0 Å². The van der Waals surface area contributed by atoms with Crippen molar-refractivity contribution in [3.8, 4) is 0 Å². The van der Waals surface area contributed by atoms with Crippen molar-refractivity contribution in [1.82, 2.24) is 0 Å². The van der Waals surface area contributed by atoms with Crippen LogP contribution in [-0.2, 0) is 4.74 Å². The monoisotopic (exact) mass is 340 g/mol. The Kier molecular flexibility index (Phi) is 18.9. The summed E-state index contributed by atoms with van der Waals surface area (Å²) in [5.41, 5.74) is 0. The van der Waals surface area contributed by atoms with Gasteiger partial charge in [-0.1, -0.05) is 27.7 Å². The van der Waals surface area contributed by atoms with Gasteiger partial charge >= 0.3 is 16.0 Å². The van der Waals surface area contributed by atoms with Gasteiger partial charge in [-0.05, 0) is 25.7 Å². The molecule has 4 heteroatoms. The quantitative estimate of drug-likeness (QED) is 0.636. The number of rotatable bonds is 6. The Bertz CT molecular complexity index is 86.1. The summed E-state index contributed by atoms with van der Waals surface area (Å²) in [5, 5.41) is 0. The highest BCUT2D eigenvalue weighted by Gasteiger charge is 2.09. The number of hydrogen-bond acceptors (Lipinski definition) is 1. The van der Waals surface area contributed by atoms with E-state index in [1.54, 1.807) is 0 Å². The maximum atomic E-state index is 5.85. The zero-order chi connectivity index (χ0) is 11.4. The topological polar surface area (TPSA) is 9.23 Å². The molecule has 0 bridgehead atoms. The lowest BCUT2D eigenvalue weighted by molar-refractivity contribution is -0.0188. The Hall–Kier alpha value is 1.69. The van der Waals surface area contributed by atoms with E-state index in [0.29, 0.717) is 12.2 Å². The molecular formula is C10H22Br2MgO. The van der Waals surface area contributed by atoms with Crippen molar-refractivity contribution >= 4 is 41.8 Å². The van der Waals surface area contributed by atoms with Crippen LogP contribution in [0.15, 0.2) is 0 Å². The van der Waals surface area contributed by atoms with Gasteiger partial charge in [0.05, 0.1) is 12.2 Å². The standard InChI is InChI=1S/C10H22O.2BrH.Mg/c1-5-9(6-2)11-10(7-3)8-4;;;/h9-10H,5-8H2,1-4H3;2*1H;/q;;;+2/p-2. The van der Waals surface area contributed by atoms with Crippen LogP contribution in [0.5, 0.6) is 0 Å². The van der Waals surface area contributed by atoms with E-state index in [2.05, 4.69) is 53.5 Å². The number of halogens is 2. The Morgan fingerprint density at radius 3 is 1.21 bits per heavy atom. The SMILES string of the molecule is CCC(CC)OC(CC)CC.[Br][Mg][Br]. The van der Waals surface area contributed by atoms with Gasteiger partial charge in [-0.15, -0.1) is 0 Å². The summed E-state index contributed by atoms with van der Waals surface area (Å²) in [6, 6.07) is 0. The molecule has 0 spiro atoms. The number of hydrogen-bond donors (Lipinski definition) is 0. The molecule has 0 atom stereocenters. The molecule has 84 valence electrons. The van der Waals surface area contributed by atoms with Gasteiger partial charge in [0.2, 0.25) is 0 Å². The zero-order valence-corrected chi connectivity index (χ0v) is 14.4. The minimum absolute atomic E-state index is 0.0417. The van der Waals surface area contributed by atoms with E-state index in [9.17, 15) is 0 Å². The first-order valence-electron chi connectivity index (χ1n) is 5.47. The molecule has 0 rings (SSSR count). The van der Waals surface area contributed by atoms with Crippen molar-refractivity contribution in [2.75, 3.05) is 0 Å². The predicted molar refractivity (Wildman–Crippen MR) is 73.4 cm³/mol. The van der Waals surface area contributed by atoms with Gasteiger partial charge in [-0.3, -0.25) is 25.8 Å². The Balaban J connectivity index is 0. The molecule has 0 aromatic carbocycles. The molecule has 0 radical (unpaired) electrons. The minimum Gasteiger partial charge on any atom is -0.375 e. The van der Waals surface area contributed by atoms with Crippen LogP contribution in [0.4, 0.5) is 0 Å². The normalized spacial score (nSPS) is 9.71. The zero-order valence-electron chi connectivity index (χ0n) is 9.85. The highest BCUT2D eigenvalue weighted by molar-refractivity contribution is 9.47. The second kappa shape index (κ2) is 14.7. The summed E-state index contributed by atoms with van der Waals surface area (Å²) < 4.78 is 5.85. The van der Waals surface area contributed by atoms with Crippen LogP contribution < -0.4 is 0 Å². The van der Waals surface area contributed by atoms with Crippen LogP contribution in [0.3, 0.4) is 0 Å². The van der Waals surface area contributed by atoms with Gasteiger partial charge in [0.25, 0.3) is 0 Å². The Morgan fingerprint density at radius 2 is 1.07 bits per heavy atom. The summed E-state index contributed by atoms with van der Waals surface area (Å²) in [7, 11) is 0. The van der Waals surface area contributed by atoms with Crippen LogP contribution >= 0.6 is 25.8 Å². The molecule has 0 amide bonds. The van der Waals surface area contributed by atoms with Crippen molar-refractivity contribution in [3.63, 3.8) is 0 Å². The molecule has 0 saturated heterocycles. The molecule has 0 unspecified atom stereocenters. The lowest BCUT2D eigenvalue weighted by Crippen LogP contribution is -2.19. The van der Waals surface area contributed by atoms with Crippen LogP contribution in [-0.4, -0.2) is 28.2 Å². The molecule has 1 nitrogen and oxygen atoms in total. The van der Waals surface area contributed by atoms with E-state index in [1.165, 1.54) is 0 Å². The van der Waals surface area contributed by atoms with Gasteiger partial charge < -0.3 is 4.74 Å². The average Bonchev–Trinajstić information content (AvgIpc) is 2.21. The Labute approximate surface area is 111 Å². The summed E-state index contributed by atoms with van der Waals surface area (Å²) in [6.45, 7) is 8.76. The highest BCUT2D eigenvalue weighted by Crippen LogP contribution is 2.11.